The molecule has 0 aromatic carbocycles. The van der Waals surface area contributed by atoms with E-state index in [9.17, 15) is 4.79 Å². The molecule has 3 unspecified atom stereocenters. The zero-order valence-electron chi connectivity index (χ0n) is 9.34. The van der Waals surface area contributed by atoms with Crippen molar-refractivity contribution in [1.29, 1.82) is 0 Å². The van der Waals surface area contributed by atoms with Gasteiger partial charge in [-0.15, -0.1) is 0 Å². The molecule has 2 aliphatic rings. The molecule has 92 valence electrons. The lowest BCUT2D eigenvalue weighted by Crippen LogP contribution is -2.35. The topological polar surface area (TPSA) is 70.0 Å². The summed E-state index contributed by atoms with van der Waals surface area (Å²) in [5, 5.41) is 17.6. The second-order valence-electron chi connectivity index (χ2n) is 4.55. The summed E-state index contributed by atoms with van der Waals surface area (Å²) in [5.74, 6) is -0.843. The molecule has 16 heavy (non-hydrogen) atoms. The monoisotopic (exact) mass is 229 g/mol. The highest BCUT2D eigenvalue weighted by Gasteiger charge is 2.48. The Bertz CT molecular complexity index is 258. The van der Waals surface area contributed by atoms with E-state index in [1.807, 2.05) is 0 Å². The van der Waals surface area contributed by atoms with Gasteiger partial charge in [0.25, 0.3) is 0 Å². The third-order valence-electron chi connectivity index (χ3n) is 3.73. The van der Waals surface area contributed by atoms with Crippen LogP contribution in [0.15, 0.2) is 0 Å². The molecular formula is C11H19NO4. The first-order valence-corrected chi connectivity index (χ1v) is 5.91. The third kappa shape index (κ3) is 2.21. The first-order valence-electron chi connectivity index (χ1n) is 5.91. The first-order chi connectivity index (χ1) is 7.74. The van der Waals surface area contributed by atoms with E-state index in [1.165, 1.54) is 0 Å². The number of carbonyl (C=O) groups is 1. The molecule has 2 saturated heterocycles. The van der Waals surface area contributed by atoms with Crippen LogP contribution < -0.4 is 0 Å². The average molecular weight is 229 g/mol. The van der Waals surface area contributed by atoms with Crippen molar-refractivity contribution >= 4 is 5.97 Å². The normalized spacial score (nSPS) is 33.4. The minimum absolute atomic E-state index is 0.0462. The Morgan fingerprint density at radius 1 is 1.38 bits per heavy atom. The fourth-order valence-electron chi connectivity index (χ4n) is 3.05. The minimum atomic E-state index is -0.659. The zero-order chi connectivity index (χ0) is 11.5. The van der Waals surface area contributed by atoms with E-state index in [0.717, 1.165) is 25.8 Å². The Hall–Kier alpha value is -0.650. The van der Waals surface area contributed by atoms with Crippen LogP contribution in [0.3, 0.4) is 0 Å². The summed E-state index contributed by atoms with van der Waals surface area (Å²) in [6.07, 6.45) is 2.91. The lowest BCUT2D eigenvalue weighted by atomic mass is 9.89. The molecule has 5 heteroatoms. The second-order valence-corrected chi connectivity index (χ2v) is 4.55. The molecule has 0 saturated carbocycles. The van der Waals surface area contributed by atoms with Crippen LogP contribution in [-0.2, 0) is 9.53 Å². The van der Waals surface area contributed by atoms with Gasteiger partial charge in [0.15, 0.2) is 0 Å². The number of aliphatic carboxylic acids is 1. The number of aliphatic hydroxyl groups excluding tert-OH is 1. The molecule has 2 N–H and O–H groups in total. The molecule has 0 spiro atoms. The number of carboxylic acids is 1. The molecule has 2 fully saturated rings. The van der Waals surface area contributed by atoms with Crippen molar-refractivity contribution in [2.24, 2.45) is 5.92 Å². The summed E-state index contributed by atoms with van der Waals surface area (Å²) in [6, 6.07) is 0.643. The lowest BCUT2D eigenvalue weighted by Gasteiger charge is -2.22. The smallest absolute Gasteiger partial charge is 0.308 e. The molecule has 3 atom stereocenters. The fourth-order valence-corrected chi connectivity index (χ4v) is 3.05. The number of rotatable bonds is 6. The third-order valence-corrected chi connectivity index (χ3v) is 3.73. The summed E-state index contributed by atoms with van der Waals surface area (Å²) < 4.78 is 5.23. The molecular weight excluding hydrogens is 210 g/mol. The van der Waals surface area contributed by atoms with Gasteiger partial charge < -0.3 is 14.9 Å². The van der Waals surface area contributed by atoms with Crippen LogP contribution in [0.1, 0.15) is 19.3 Å². The quantitative estimate of drug-likeness (QED) is 0.624. The van der Waals surface area contributed by atoms with Gasteiger partial charge in [-0.1, -0.05) is 0 Å². The first kappa shape index (κ1) is 11.8. The Morgan fingerprint density at radius 3 is 2.81 bits per heavy atom. The van der Waals surface area contributed by atoms with Crippen molar-refractivity contribution < 1.29 is 19.7 Å². The Labute approximate surface area is 95.0 Å². The number of fused-ring (bicyclic) bond motifs is 2. The van der Waals surface area contributed by atoms with Crippen LogP contribution in [0.2, 0.25) is 0 Å². The van der Waals surface area contributed by atoms with Crippen molar-refractivity contribution in [2.75, 3.05) is 26.4 Å². The maximum atomic E-state index is 11.0. The van der Waals surface area contributed by atoms with E-state index < -0.39 is 5.97 Å². The maximum Gasteiger partial charge on any atom is 0.308 e. The van der Waals surface area contributed by atoms with Crippen LogP contribution in [0.25, 0.3) is 0 Å². The number of hydrogen-bond donors (Lipinski definition) is 2. The van der Waals surface area contributed by atoms with Gasteiger partial charge in [-0.25, -0.2) is 0 Å². The molecule has 0 radical (unpaired) electrons. The lowest BCUT2D eigenvalue weighted by molar-refractivity contribution is -0.142. The number of aliphatic hydroxyl groups is 1. The summed E-state index contributed by atoms with van der Waals surface area (Å²) in [6.45, 7) is 1.79. The van der Waals surface area contributed by atoms with Crippen LogP contribution >= 0.6 is 0 Å². The summed E-state index contributed by atoms with van der Waals surface area (Å²) >= 11 is 0. The Balaban J connectivity index is 1.80. The number of nitrogens with zero attached hydrogens (tertiary/aromatic N) is 1. The van der Waals surface area contributed by atoms with E-state index in [2.05, 4.69) is 4.90 Å². The molecule has 5 nitrogen and oxygen atoms in total. The van der Waals surface area contributed by atoms with E-state index in [4.69, 9.17) is 14.9 Å². The molecule has 0 aliphatic carbocycles. The highest BCUT2D eigenvalue weighted by molar-refractivity contribution is 5.71. The largest absolute Gasteiger partial charge is 0.481 e. The summed E-state index contributed by atoms with van der Waals surface area (Å²) in [7, 11) is 0. The predicted molar refractivity (Wildman–Crippen MR) is 57.2 cm³/mol. The van der Waals surface area contributed by atoms with Crippen LogP contribution in [-0.4, -0.2) is 59.5 Å². The number of carboxylic acid groups (broad SMARTS) is 1. The van der Waals surface area contributed by atoms with E-state index in [1.54, 1.807) is 0 Å². The van der Waals surface area contributed by atoms with Crippen molar-refractivity contribution in [3.8, 4) is 0 Å². The van der Waals surface area contributed by atoms with Crippen molar-refractivity contribution in [2.45, 2.75) is 31.3 Å². The van der Waals surface area contributed by atoms with Gasteiger partial charge in [0.2, 0.25) is 0 Å². The average Bonchev–Trinajstić information content (AvgIpc) is 2.81. The maximum absolute atomic E-state index is 11.0. The minimum Gasteiger partial charge on any atom is -0.481 e. The van der Waals surface area contributed by atoms with Crippen molar-refractivity contribution in [1.82, 2.24) is 4.90 Å². The summed E-state index contributed by atoms with van der Waals surface area (Å²) in [4.78, 5) is 13.3. The predicted octanol–water partition coefficient (Wildman–Crippen LogP) is -0.0672. The molecule has 0 aromatic heterocycles. The standard InChI is InChI=1S/C11H19NO4/c13-4-6-16-5-3-12-8-1-2-10(12)9(7-8)11(14)15/h8-10,13H,1-7H2,(H,14,15). The van der Waals surface area contributed by atoms with E-state index >= 15 is 0 Å². The van der Waals surface area contributed by atoms with Crippen LogP contribution in [0.5, 0.6) is 0 Å². The van der Waals surface area contributed by atoms with Crippen molar-refractivity contribution in [3.63, 3.8) is 0 Å². The van der Waals surface area contributed by atoms with Gasteiger partial charge in [0, 0.05) is 18.6 Å². The highest BCUT2D eigenvalue weighted by Crippen LogP contribution is 2.41. The van der Waals surface area contributed by atoms with Crippen LogP contribution in [0.4, 0.5) is 0 Å². The zero-order valence-corrected chi connectivity index (χ0v) is 9.34. The number of hydrogen-bond acceptors (Lipinski definition) is 4. The molecule has 2 rings (SSSR count). The molecule has 2 aliphatic heterocycles. The fraction of sp³-hybridized carbons (Fsp3) is 0.909. The van der Waals surface area contributed by atoms with E-state index in [-0.39, 0.29) is 18.6 Å². The SMILES string of the molecule is O=C(O)C1CC2CCC1N2CCOCCO. The van der Waals surface area contributed by atoms with Gasteiger partial charge in [-0.05, 0) is 19.3 Å². The number of ether oxygens (including phenoxy) is 1. The van der Waals surface area contributed by atoms with Crippen molar-refractivity contribution in [3.05, 3.63) is 0 Å². The second kappa shape index (κ2) is 5.12. The van der Waals surface area contributed by atoms with Gasteiger partial charge in [-0.2, -0.15) is 0 Å². The molecule has 0 amide bonds. The van der Waals surface area contributed by atoms with Gasteiger partial charge in [0.05, 0.1) is 25.7 Å². The Kier molecular flexibility index (Phi) is 3.78. The van der Waals surface area contributed by atoms with E-state index in [0.29, 0.717) is 19.3 Å². The molecule has 2 bridgehead atoms. The van der Waals surface area contributed by atoms with Gasteiger partial charge >= 0.3 is 5.97 Å². The molecule has 0 aromatic rings. The van der Waals surface area contributed by atoms with Gasteiger partial charge in [-0.3, -0.25) is 9.69 Å². The molecule has 2 heterocycles. The van der Waals surface area contributed by atoms with Crippen LogP contribution in [0, 0.1) is 5.92 Å². The highest BCUT2D eigenvalue weighted by atomic mass is 16.5. The van der Waals surface area contributed by atoms with Gasteiger partial charge in [0.1, 0.15) is 0 Å². The summed E-state index contributed by atoms with van der Waals surface area (Å²) in [5.41, 5.74) is 0. The Morgan fingerprint density at radius 2 is 2.19 bits per heavy atom.